The predicted octanol–water partition coefficient (Wildman–Crippen LogP) is 4.66. The largest absolute Gasteiger partial charge is 0.503 e. The second kappa shape index (κ2) is 8.83. The number of aromatic hydroxyl groups is 1. The summed E-state index contributed by atoms with van der Waals surface area (Å²) in [5, 5.41) is 16.6. The molecule has 27 heavy (non-hydrogen) atoms. The summed E-state index contributed by atoms with van der Waals surface area (Å²) in [5.41, 5.74) is 2.78. The van der Waals surface area contributed by atoms with Crippen molar-refractivity contribution in [1.29, 1.82) is 0 Å². The van der Waals surface area contributed by atoms with Crippen molar-refractivity contribution < 1.29 is 9.84 Å². The molecule has 0 aliphatic rings. The molecule has 7 heteroatoms. The highest BCUT2D eigenvalue weighted by molar-refractivity contribution is 9.10. The molecule has 1 aromatic heterocycles. The number of benzene rings is 2. The van der Waals surface area contributed by atoms with Crippen LogP contribution in [-0.2, 0) is 0 Å². The van der Waals surface area contributed by atoms with E-state index < -0.39 is 0 Å². The van der Waals surface area contributed by atoms with Gasteiger partial charge in [-0.15, -0.1) is 17.9 Å². The van der Waals surface area contributed by atoms with Crippen LogP contribution in [0.4, 0.5) is 0 Å². The van der Waals surface area contributed by atoms with Crippen LogP contribution in [-0.4, -0.2) is 29.7 Å². The lowest BCUT2D eigenvalue weighted by molar-refractivity contribution is 0.372. The molecule has 0 unspecified atom stereocenters. The maximum atomic E-state index is 9.96. The zero-order valence-corrected chi connectivity index (χ0v) is 17.1. The normalized spacial score (nSPS) is 11.9. The number of ether oxygens (including phenoxy) is 1. The Bertz CT molecular complexity index is 1040. The number of rotatable bonds is 6. The SMILES string of the molecule is C=CCN=c1scc(-c2ccccc2)n1N=Cc1cc(Br)c(O)c(OC)c1. The van der Waals surface area contributed by atoms with Crippen LogP contribution in [0.5, 0.6) is 11.5 Å². The van der Waals surface area contributed by atoms with Gasteiger partial charge >= 0.3 is 0 Å². The maximum absolute atomic E-state index is 9.96. The number of hydrogen-bond acceptors (Lipinski definition) is 5. The van der Waals surface area contributed by atoms with Crippen molar-refractivity contribution in [3.8, 4) is 22.8 Å². The Morgan fingerprint density at radius 2 is 2.07 bits per heavy atom. The molecule has 0 aliphatic heterocycles. The Morgan fingerprint density at radius 1 is 1.30 bits per heavy atom. The fourth-order valence-electron chi connectivity index (χ4n) is 2.42. The van der Waals surface area contributed by atoms with Gasteiger partial charge in [-0.3, -0.25) is 4.99 Å². The molecule has 0 saturated carbocycles. The second-order valence-electron chi connectivity index (χ2n) is 5.51. The number of nitrogens with zero attached hydrogens (tertiary/aromatic N) is 3. The molecule has 138 valence electrons. The van der Waals surface area contributed by atoms with Crippen LogP contribution < -0.4 is 9.54 Å². The highest BCUT2D eigenvalue weighted by Gasteiger charge is 2.09. The van der Waals surface area contributed by atoms with Gasteiger partial charge in [0.1, 0.15) is 0 Å². The Kier molecular flexibility index (Phi) is 6.26. The summed E-state index contributed by atoms with van der Waals surface area (Å²) in [6.45, 7) is 4.24. The molecule has 0 fully saturated rings. The number of methoxy groups -OCH3 is 1. The van der Waals surface area contributed by atoms with Gasteiger partial charge in [0.15, 0.2) is 11.5 Å². The smallest absolute Gasteiger partial charge is 0.206 e. The van der Waals surface area contributed by atoms with Gasteiger partial charge in [-0.1, -0.05) is 36.4 Å². The minimum atomic E-state index is 0.0597. The zero-order valence-electron chi connectivity index (χ0n) is 14.7. The molecule has 0 radical (unpaired) electrons. The summed E-state index contributed by atoms with van der Waals surface area (Å²) in [6, 6.07) is 13.5. The zero-order chi connectivity index (χ0) is 19.2. The molecular weight excluding hydrogens is 426 g/mol. The molecule has 0 amide bonds. The van der Waals surface area contributed by atoms with Crippen molar-refractivity contribution in [3.05, 3.63) is 75.3 Å². The molecule has 3 aromatic rings. The lowest BCUT2D eigenvalue weighted by Gasteiger charge is -2.07. The number of phenolic OH excluding ortho intramolecular Hbond substituents is 1. The van der Waals surface area contributed by atoms with Crippen molar-refractivity contribution in [2.75, 3.05) is 13.7 Å². The molecule has 0 atom stereocenters. The van der Waals surface area contributed by atoms with Crippen LogP contribution >= 0.6 is 27.3 Å². The van der Waals surface area contributed by atoms with E-state index in [1.807, 2.05) is 35.7 Å². The van der Waals surface area contributed by atoms with E-state index in [0.717, 1.165) is 21.6 Å². The van der Waals surface area contributed by atoms with Crippen molar-refractivity contribution >= 4 is 33.5 Å². The minimum Gasteiger partial charge on any atom is -0.503 e. The standard InChI is InChI=1S/C20H18BrN3O2S/c1-3-9-22-20-24(17(13-27-20)15-7-5-4-6-8-15)23-12-14-10-16(21)19(25)18(11-14)26-2/h3-8,10-13,25H,1,9H2,2H3. The molecule has 2 aromatic carbocycles. The number of phenols is 1. The van der Waals surface area contributed by atoms with Gasteiger partial charge in [0.05, 0.1) is 30.0 Å². The van der Waals surface area contributed by atoms with Crippen LogP contribution in [0.2, 0.25) is 0 Å². The number of thiazole rings is 1. The van der Waals surface area contributed by atoms with E-state index in [1.54, 1.807) is 29.1 Å². The molecule has 0 aliphatic carbocycles. The Balaban J connectivity index is 2.08. The summed E-state index contributed by atoms with van der Waals surface area (Å²) in [7, 11) is 1.51. The van der Waals surface area contributed by atoms with E-state index in [1.165, 1.54) is 18.4 Å². The molecule has 3 rings (SSSR count). The summed E-state index contributed by atoms with van der Waals surface area (Å²) >= 11 is 4.85. The Morgan fingerprint density at radius 3 is 2.78 bits per heavy atom. The third-order valence-corrected chi connectivity index (χ3v) is 5.16. The first-order chi connectivity index (χ1) is 13.1. The van der Waals surface area contributed by atoms with Crippen molar-refractivity contribution in [2.45, 2.75) is 0 Å². The van der Waals surface area contributed by atoms with E-state index in [4.69, 9.17) is 4.74 Å². The molecule has 0 spiro atoms. The van der Waals surface area contributed by atoms with E-state index in [0.29, 0.717) is 16.8 Å². The maximum Gasteiger partial charge on any atom is 0.206 e. The highest BCUT2D eigenvalue weighted by Crippen LogP contribution is 2.34. The van der Waals surface area contributed by atoms with Crippen LogP contribution in [0.3, 0.4) is 0 Å². The summed E-state index contributed by atoms with van der Waals surface area (Å²) in [4.78, 5) is 5.30. The first-order valence-electron chi connectivity index (χ1n) is 8.12. The number of halogens is 1. The van der Waals surface area contributed by atoms with Gasteiger partial charge in [-0.05, 0) is 33.6 Å². The van der Waals surface area contributed by atoms with Crippen molar-refractivity contribution in [2.24, 2.45) is 10.1 Å². The fourth-order valence-corrected chi connectivity index (χ4v) is 3.72. The van der Waals surface area contributed by atoms with Crippen LogP contribution in [0, 0.1) is 0 Å². The Labute approximate surface area is 169 Å². The number of hydrogen-bond donors (Lipinski definition) is 1. The van der Waals surface area contributed by atoms with E-state index >= 15 is 0 Å². The summed E-state index contributed by atoms with van der Waals surface area (Å²) in [5.74, 6) is 0.436. The van der Waals surface area contributed by atoms with Crippen molar-refractivity contribution in [3.63, 3.8) is 0 Å². The lowest BCUT2D eigenvalue weighted by atomic mass is 10.2. The van der Waals surface area contributed by atoms with Gasteiger partial charge in [0.25, 0.3) is 0 Å². The van der Waals surface area contributed by atoms with E-state index in [-0.39, 0.29) is 5.75 Å². The third kappa shape index (κ3) is 4.37. The first kappa shape index (κ1) is 19.1. The van der Waals surface area contributed by atoms with Gasteiger partial charge in [0.2, 0.25) is 4.80 Å². The van der Waals surface area contributed by atoms with E-state index in [9.17, 15) is 5.11 Å². The van der Waals surface area contributed by atoms with Crippen LogP contribution in [0.15, 0.2) is 75.1 Å². The third-order valence-electron chi connectivity index (χ3n) is 3.70. The molecular formula is C20H18BrN3O2S. The minimum absolute atomic E-state index is 0.0597. The second-order valence-corrected chi connectivity index (χ2v) is 7.20. The highest BCUT2D eigenvalue weighted by atomic mass is 79.9. The summed E-state index contributed by atoms with van der Waals surface area (Å²) < 4.78 is 7.54. The number of aromatic nitrogens is 1. The van der Waals surface area contributed by atoms with Crippen LogP contribution in [0.25, 0.3) is 11.3 Å². The van der Waals surface area contributed by atoms with Crippen LogP contribution in [0.1, 0.15) is 5.56 Å². The lowest BCUT2D eigenvalue weighted by Crippen LogP contribution is -2.12. The molecule has 1 N–H and O–H groups in total. The molecule has 1 heterocycles. The fraction of sp³-hybridized carbons (Fsp3) is 0.100. The Hall–Kier alpha value is -2.64. The molecule has 0 saturated heterocycles. The van der Waals surface area contributed by atoms with E-state index in [2.05, 4.69) is 32.6 Å². The van der Waals surface area contributed by atoms with Gasteiger partial charge < -0.3 is 9.84 Å². The molecule has 0 bridgehead atoms. The van der Waals surface area contributed by atoms with Gasteiger partial charge in [-0.2, -0.15) is 5.10 Å². The average molecular weight is 444 g/mol. The van der Waals surface area contributed by atoms with Gasteiger partial charge in [-0.25, -0.2) is 4.68 Å². The first-order valence-corrected chi connectivity index (χ1v) is 9.79. The predicted molar refractivity (Wildman–Crippen MR) is 114 cm³/mol. The summed E-state index contributed by atoms with van der Waals surface area (Å²) in [6.07, 6.45) is 3.46. The average Bonchev–Trinajstić information content (AvgIpc) is 3.10. The molecule has 5 nitrogen and oxygen atoms in total. The monoisotopic (exact) mass is 443 g/mol. The quantitative estimate of drug-likeness (QED) is 0.444. The topological polar surface area (TPSA) is 59.1 Å². The van der Waals surface area contributed by atoms with Crippen molar-refractivity contribution in [1.82, 2.24) is 4.68 Å². The van der Waals surface area contributed by atoms with Gasteiger partial charge in [0, 0.05) is 10.9 Å².